The molecule has 13 heavy (non-hydrogen) atoms. The third-order valence-electron chi connectivity index (χ3n) is 2.56. The summed E-state index contributed by atoms with van der Waals surface area (Å²) in [4.78, 5) is 7.40. The van der Waals surface area contributed by atoms with Crippen LogP contribution in [-0.2, 0) is 11.3 Å². The molecule has 0 aromatic carbocycles. The molecule has 0 amide bonds. The highest BCUT2D eigenvalue weighted by Gasteiger charge is 2.20. The molecule has 0 unspecified atom stereocenters. The Morgan fingerprint density at radius 3 is 3.00 bits per heavy atom. The summed E-state index contributed by atoms with van der Waals surface area (Å²) >= 11 is 0. The van der Waals surface area contributed by atoms with Gasteiger partial charge in [-0.05, 0) is 12.8 Å². The van der Waals surface area contributed by atoms with Crippen LogP contribution in [0.5, 0.6) is 0 Å². The van der Waals surface area contributed by atoms with Crippen LogP contribution in [-0.4, -0.2) is 23.2 Å². The minimum Gasteiger partial charge on any atom is -0.381 e. The summed E-state index contributed by atoms with van der Waals surface area (Å²) in [6, 6.07) is 0. The van der Waals surface area contributed by atoms with Gasteiger partial charge in [-0.25, -0.2) is 4.98 Å². The minimum absolute atomic E-state index is 0.540. The number of aromatic nitrogens is 2. The molecule has 0 aliphatic carbocycles. The molecule has 3 N–H and O–H groups in total. The van der Waals surface area contributed by atoms with Crippen LogP contribution in [0, 0.1) is 0 Å². The molecule has 2 rings (SSSR count). The first-order chi connectivity index (χ1) is 6.42. The maximum Gasteiger partial charge on any atom is 0.0925 e. The summed E-state index contributed by atoms with van der Waals surface area (Å²) in [6.07, 6.45) is 3.86. The standard InChI is InChI=1S/C9H15N3O/c10-5-8-9(12-6-11-8)7-1-3-13-4-2-7/h6-7H,1-5,10H2,(H,11,12). The van der Waals surface area contributed by atoms with Crippen molar-refractivity contribution in [3.05, 3.63) is 17.7 Å². The van der Waals surface area contributed by atoms with Gasteiger partial charge in [0, 0.05) is 25.7 Å². The number of aromatic amines is 1. The Labute approximate surface area is 77.5 Å². The van der Waals surface area contributed by atoms with E-state index in [0.29, 0.717) is 12.5 Å². The average Bonchev–Trinajstić information content (AvgIpc) is 2.67. The van der Waals surface area contributed by atoms with Crippen LogP contribution in [0.4, 0.5) is 0 Å². The number of hydrogen-bond acceptors (Lipinski definition) is 3. The lowest BCUT2D eigenvalue weighted by molar-refractivity contribution is 0.0844. The van der Waals surface area contributed by atoms with E-state index in [9.17, 15) is 0 Å². The van der Waals surface area contributed by atoms with Crippen molar-refractivity contribution in [1.82, 2.24) is 9.97 Å². The second-order valence-corrected chi connectivity index (χ2v) is 3.36. The zero-order valence-corrected chi connectivity index (χ0v) is 7.62. The van der Waals surface area contributed by atoms with Crippen molar-refractivity contribution in [3.63, 3.8) is 0 Å². The van der Waals surface area contributed by atoms with Gasteiger partial charge >= 0.3 is 0 Å². The number of ether oxygens (including phenoxy) is 1. The van der Waals surface area contributed by atoms with E-state index in [2.05, 4.69) is 9.97 Å². The smallest absolute Gasteiger partial charge is 0.0925 e. The van der Waals surface area contributed by atoms with E-state index in [0.717, 1.165) is 37.4 Å². The molecule has 72 valence electrons. The Kier molecular flexibility index (Phi) is 2.61. The first-order valence-electron chi connectivity index (χ1n) is 4.71. The first-order valence-corrected chi connectivity index (χ1v) is 4.71. The molecular weight excluding hydrogens is 166 g/mol. The van der Waals surface area contributed by atoms with Gasteiger partial charge in [-0.2, -0.15) is 0 Å². The molecule has 0 bridgehead atoms. The highest BCUT2D eigenvalue weighted by molar-refractivity contribution is 5.16. The van der Waals surface area contributed by atoms with Crippen molar-refractivity contribution in [2.24, 2.45) is 5.73 Å². The SMILES string of the molecule is NCc1[nH]cnc1C1CCOCC1. The molecule has 1 aromatic heterocycles. The van der Waals surface area contributed by atoms with Gasteiger partial charge in [0.2, 0.25) is 0 Å². The molecule has 1 fully saturated rings. The first kappa shape index (κ1) is 8.72. The highest BCUT2D eigenvalue weighted by Crippen LogP contribution is 2.26. The quantitative estimate of drug-likeness (QED) is 0.708. The second-order valence-electron chi connectivity index (χ2n) is 3.36. The van der Waals surface area contributed by atoms with E-state index in [1.807, 2.05) is 0 Å². The van der Waals surface area contributed by atoms with Crippen LogP contribution in [0.25, 0.3) is 0 Å². The lowest BCUT2D eigenvalue weighted by atomic mass is 9.95. The number of imidazole rings is 1. The van der Waals surface area contributed by atoms with Gasteiger partial charge in [0.15, 0.2) is 0 Å². The molecule has 0 radical (unpaired) electrons. The van der Waals surface area contributed by atoms with Crippen LogP contribution >= 0.6 is 0 Å². The van der Waals surface area contributed by atoms with Gasteiger partial charge in [-0.1, -0.05) is 0 Å². The Bertz CT molecular complexity index is 266. The van der Waals surface area contributed by atoms with Crippen molar-refractivity contribution in [3.8, 4) is 0 Å². The van der Waals surface area contributed by atoms with Gasteiger partial charge in [0.25, 0.3) is 0 Å². The van der Waals surface area contributed by atoms with Crippen LogP contribution in [0.2, 0.25) is 0 Å². The molecular formula is C9H15N3O. The number of hydrogen-bond donors (Lipinski definition) is 2. The summed E-state index contributed by atoms with van der Waals surface area (Å²) in [6.45, 7) is 2.25. The number of nitrogens with two attached hydrogens (primary N) is 1. The monoisotopic (exact) mass is 181 g/mol. The fourth-order valence-corrected chi connectivity index (χ4v) is 1.82. The van der Waals surface area contributed by atoms with Crippen LogP contribution in [0.3, 0.4) is 0 Å². The van der Waals surface area contributed by atoms with Crippen LogP contribution < -0.4 is 5.73 Å². The lowest BCUT2D eigenvalue weighted by Crippen LogP contribution is -2.16. The van der Waals surface area contributed by atoms with E-state index in [1.165, 1.54) is 0 Å². The fourth-order valence-electron chi connectivity index (χ4n) is 1.82. The Hall–Kier alpha value is -0.870. The zero-order chi connectivity index (χ0) is 9.10. The van der Waals surface area contributed by atoms with E-state index >= 15 is 0 Å². The van der Waals surface area contributed by atoms with Crippen molar-refractivity contribution in [2.45, 2.75) is 25.3 Å². The van der Waals surface area contributed by atoms with Gasteiger partial charge < -0.3 is 15.5 Å². The van der Waals surface area contributed by atoms with Crippen molar-refractivity contribution >= 4 is 0 Å². The molecule has 1 aliphatic rings. The number of rotatable bonds is 2. The van der Waals surface area contributed by atoms with Crippen LogP contribution in [0.1, 0.15) is 30.1 Å². The molecule has 1 aromatic rings. The van der Waals surface area contributed by atoms with Gasteiger partial charge in [-0.3, -0.25) is 0 Å². The molecule has 0 saturated carbocycles. The molecule has 0 atom stereocenters. The zero-order valence-electron chi connectivity index (χ0n) is 7.62. The molecule has 4 nitrogen and oxygen atoms in total. The lowest BCUT2D eigenvalue weighted by Gasteiger charge is -2.21. The third kappa shape index (κ3) is 1.73. The second kappa shape index (κ2) is 3.89. The molecule has 1 aliphatic heterocycles. The van der Waals surface area contributed by atoms with Crippen molar-refractivity contribution < 1.29 is 4.74 Å². The maximum atomic E-state index is 5.60. The number of nitrogens with one attached hydrogen (secondary N) is 1. The summed E-state index contributed by atoms with van der Waals surface area (Å²) in [7, 11) is 0. The minimum atomic E-state index is 0.540. The number of H-pyrrole nitrogens is 1. The largest absolute Gasteiger partial charge is 0.381 e. The van der Waals surface area contributed by atoms with Gasteiger partial charge in [0.1, 0.15) is 0 Å². The van der Waals surface area contributed by atoms with E-state index in [1.54, 1.807) is 6.33 Å². The predicted molar refractivity (Wildman–Crippen MR) is 49.3 cm³/mol. The summed E-state index contributed by atoms with van der Waals surface area (Å²) in [5.74, 6) is 0.540. The van der Waals surface area contributed by atoms with E-state index < -0.39 is 0 Å². The Morgan fingerprint density at radius 1 is 1.54 bits per heavy atom. The molecule has 0 spiro atoms. The Morgan fingerprint density at radius 2 is 2.31 bits per heavy atom. The third-order valence-corrected chi connectivity index (χ3v) is 2.56. The maximum absolute atomic E-state index is 5.60. The fraction of sp³-hybridized carbons (Fsp3) is 0.667. The summed E-state index contributed by atoms with van der Waals surface area (Å²) in [5.41, 5.74) is 7.82. The van der Waals surface area contributed by atoms with Crippen LogP contribution in [0.15, 0.2) is 6.33 Å². The Balaban J connectivity index is 2.13. The predicted octanol–water partition coefficient (Wildman–Crippen LogP) is 0.762. The summed E-state index contributed by atoms with van der Waals surface area (Å²) in [5, 5.41) is 0. The normalized spacial score (nSPS) is 19.2. The van der Waals surface area contributed by atoms with Crippen molar-refractivity contribution in [1.29, 1.82) is 0 Å². The van der Waals surface area contributed by atoms with Gasteiger partial charge in [0.05, 0.1) is 17.7 Å². The molecule has 2 heterocycles. The van der Waals surface area contributed by atoms with Crippen molar-refractivity contribution in [2.75, 3.05) is 13.2 Å². The number of nitrogens with zero attached hydrogens (tertiary/aromatic N) is 1. The average molecular weight is 181 g/mol. The molecule has 4 heteroatoms. The highest BCUT2D eigenvalue weighted by atomic mass is 16.5. The topological polar surface area (TPSA) is 63.9 Å². The molecule has 1 saturated heterocycles. The van der Waals surface area contributed by atoms with E-state index in [4.69, 9.17) is 10.5 Å². The van der Waals surface area contributed by atoms with Gasteiger partial charge in [-0.15, -0.1) is 0 Å². The summed E-state index contributed by atoms with van der Waals surface area (Å²) < 4.78 is 5.30. The van der Waals surface area contributed by atoms with E-state index in [-0.39, 0.29) is 0 Å².